The number of benzene rings is 1. The van der Waals surface area contributed by atoms with Crippen molar-refractivity contribution in [1.29, 1.82) is 0 Å². The fraction of sp³-hybridized carbons (Fsp3) is 0.556. The number of carbonyl (C=O) groups is 2. The fourth-order valence-corrected chi connectivity index (χ4v) is 3.97. The zero-order valence-electron chi connectivity index (χ0n) is 16.1. The Kier molecular flexibility index (Phi) is 6.29. The van der Waals surface area contributed by atoms with Gasteiger partial charge in [0.05, 0.1) is 25.8 Å². The van der Waals surface area contributed by atoms with Crippen LogP contribution in [0.1, 0.15) is 28.8 Å². The van der Waals surface area contributed by atoms with E-state index in [1.54, 1.807) is 11.8 Å². The van der Waals surface area contributed by atoms with E-state index in [1.807, 2.05) is 0 Å². The Labute approximate surface area is 183 Å². The zero-order valence-corrected chi connectivity index (χ0v) is 18.3. The van der Waals surface area contributed by atoms with Crippen LogP contribution in [0.3, 0.4) is 0 Å². The minimum atomic E-state index is -1.83. The van der Waals surface area contributed by atoms with Gasteiger partial charge >= 0.3 is 6.09 Å². The average molecular weight is 468 g/mol. The number of fused-ring (bicyclic) bond motifs is 2. The fourth-order valence-electron chi connectivity index (χ4n) is 3.81. The lowest BCUT2D eigenvalue weighted by atomic mass is 10.0. The van der Waals surface area contributed by atoms with Crippen LogP contribution in [0.2, 0.25) is 0 Å². The molecule has 1 N–H and O–H groups in total. The zero-order chi connectivity index (χ0) is 21.5. The summed E-state index contributed by atoms with van der Waals surface area (Å²) in [7, 11) is 2.87. The molecule has 0 radical (unpaired) electrons. The third kappa shape index (κ3) is 4.03. The van der Waals surface area contributed by atoms with E-state index in [1.165, 1.54) is 20.3 Å². The van der Waals surface area contributed by atoms with Crippen molar-refractivity contribution in [2.24, 2.45) is 0 Å². The van der Waals surface area contributed by atoms with E-state index >= 15 is 0 Å². The molecule has 3 rings (SSSR count). The Morgan fingerprint density at radius 2 is 2.00 bits per heavy atom. The number of rotatable bonds is 3. The van der Waals surface area contributed by atoms with Gasteiger partial charge in [0.25, 0.3) is 5.91 Å². The molecule has 1 saturated heterocycles. The lowest BCUT2D eigenvalue weighted by molar-refractivity contribution is 0.0490. The summed E-state index contributed by atoms with van der Waals surface area (Å²) in [6, 6.07) is 0.921. The summed E-state index contributed by atoms with van der Waals surface area (Å²) in [6.07, 6.45) is -1.12. The molecule has 11 heteroatoms. The standard InChI is InChI=1S/C18H21Cl3N2O6/c1-9-12(27-2)7-10-13(14(9)28-3)23(17(26)29-8-18(19,20)21)16(25)11-5-4-6-22(11)15(10)24/h7,11,16,25H,4-6,8H2,1-3H3/t11-,16-/m0/s1. The summed E-state index contributed by atoms with van der Waals surface area (Å²) >= 11 is 17.1. The first-order valence-electron chi connectivity index (χ1n) is 8.88. The normalized spacial score (nSPS) is 21.4. The second-order valence-corrected chi connectivity index (χ2v) is 9.31. The number of carbonyl (C=O) groups excluding carboxylic acids is 2. The molecule has 2 amide bonds. The minimum absolute atomic E-state index is 0.0898. The van der Waals surface area contributed by atoms with Crippen LogP contribution >= 0.6 is 34.8 Å². The van der Waals surface area contributed by atoms with Crippen molar-refractivity contribution in [3.63, 3.8) is 0 Å². The van der Waals surface area contributed by atoms with Gasteiger partial charge in [0, 0.05) is 12.1 Å². The second-order valence-electron chi connectivity index (χ2n) is 6.79. The number of aliphatic hydroxyl groups excluding tert-OH is 1. The van der Waals surface area contributed by atoms with Crippen molar-refractivity contribution in [3.05, 3.63) is 17.2 Å². The van der Waals surface area contributed by atoms with Crippen LogP contribution in [0, 0.1) is 6.92 Å². The maximum absolute atomic E-state index is 13.3. The molecule has 8 nitrogen and oxygen atoms in total. The molecule has 0 aromatic heterocycles. The Morgan fingerprint density at radius 3 is 2.59 bits per heavy atom. The number of ether oxygens (including phenoxy) is 3. The van der Waals surface area contributed by atoms with Crippen molar-refractivity contribution in [2.45, 2.75) is 35.8 Å². The summed E-state index contributed by atoms with van der Waals surface area (Å²) in [5, 5.41) is 11.1. The molecule has 160 valence electrons. The Bertz CT molecular complexity index is 829. The van der Waals surface area contributed by atoms with Crippen LogP contribution < -0.4 is 14.4 Å². The monoisotopic (exact) mass is 466 g/mol. The molecular weight excluding hydrogens is 447 g/mol. The van der Waals surface area contributed by atoms with Crippen molar-refractivity contribution in [3.8, 4) is 11.5 Å². The lowest BCUT2D eigenvalue weighted by Crippen LogP contribution is -2.51. The van der Waals surface area contributed by atoms with Gasteiger partial charge in [-0.15, -0.1) is 0 Å². The lowest BCUT2D eigenvalue weighted by Gasteiger charge is -2.32. The molecule has 2 aliphatic rings. The molecular formula is C18H21Cl3N2O6. The number of amides is 2. The Balaban J connectivity index is 2.19. The molecule has 0 spiro atoms. The highest BCUT2D eigenvalue weighted by molar-refractivity contribution is 6.67. The quantitative estimate of drug-likeness (QED) is 0.687. The van der Waals surface area contributed by atoms with Gasteiger partial charge in [-0.3, -0.25) is 4.79 Å². The Hall–Kier alpha value is -1.61. The number of halogens is 3. The molecule has 0 bridgehead atoms. The Morgan fingerprint density at radius 1 is 1.31 bits per heavy atom. The first-order chi connectivity index (χ1) is 13.6. The molecule has 0 aliphatic carbocycles. The van der Waals surface area contributed by atoms with Crippen LogP contribution in [0.15, 0.2) is 6.07 Å². The van der Waals surface area contributed by atoms with Crippen LogP contribution in [0.5, 0.6) is 11.5 Å². The maximum Gasteiger partial charge on any atom is 0.416 e. The predicted octanol–water partition coefficient (Wildman–Crippen LogP) is 3.26. The molecule has 29 heavy (non-hydrogen) atoms. The number of nitrogens with zero attached hydrogens (tertiary/aromatic N) is 2. The van der Waals surface area contributed by atoms with E-state index in [2.05, 4.69) is 0 Å². The minimum Gasteiger partial charge on any atom is -0.496 e. The largest absolute Gasteiger partial charge is 0.496 e. The van der Waals surface area contributed by atoms with Gasteiger partial charge in [-0.2, -0.15) is 0 Å². The van der Waals surface area contributed by atoms with E-state index in [9.17, 15) is 14.7 Å². The molecule has 2 heterocycles. The third-order valence-electron chi connectivity index (χ3n) is 5.08. The van der Waals surface area contributed by atoms with E-state index in [4.69, 9.17) is 49.0 Å². The first-order valence-corrected chi connectivity index (χ1v) is 10.0. The van der Waals surface area contributed by atoms with Crippen LogP contribution in [-0.4, -0.2) is 65.4 Å². The van der Waals surface area contributed by atoms with Crippen molar-refractivity contribution >= 4 is 52.5 Å². The number of hydrogen-bond acceptors (Lipinski definition) is 6. The smallest absolute Gasteiger partial charge is 0.416 e. The highest BCUT2D eigenvalue weighted by Gasteiger charge is 2.47. The third-order valence-corrected chi connectivity index (χ3v) is 5.40. The molecule has 2 aliphatic heterocycles. The van der Waals surface area contributed by atoms with Gasteiger partial charge in [-0.05, 0) is 25.8 Å². The van der Waals surface area contributed by atoms with Crippen LogP contribution in [0.25, 0.3) is 0 Å². The molecule has 0 saturated carbocycles. The highest BCUT2D eigenvalue weighted by Crippen LogP contribution is 2.45. The number of methoxy groups -OCH3 is 2. The van der Waals surface area contributed by atoms with Gasteiger partial charge < -0.3 is 24.2 Å². The molecule has 0 unspecified atom stereocenters. The van der Waals surface area contributed by atoms with Crippen molar-refractivity contribution in [2.75, 3.05) is 32.3 Å². The van der Waals surface area contributed by atoms with Gasteiger partial charge in [-0.25, -0.2) is 9.69 Å². The topological polar surface area (TPSA) is 88.5 Å². The average Bonchev–Trinajstić information content (AvgIpc) is 3.12. The van der Waals surface area contributed by atoms with Crippen molar-refractivity contribution < 1.29 is 28.9 Å². The SMILES string of the molecule is COc1cc2c(c(OC)c1C)N(C(=O)OCC(Cl)(Cl)Cl)[C@@H](O)[C@@H]1CCCN1C2=O. The summed E-state index contributed by atoms with van der Waals surface area (Å²) in [5.74, 6) is 0.282. The van der Waals surface area contributed by atoms with E-state index < -0.39 is 28.8 Å². The van der Waals surface area contributed by atoms with E-state index in [0.29, 0.717) is 30.7 Å². The summed E-state index contributed by atoms with van der Waals surface area (Å²) < 4.78 is 14.2. The van der Waals surface area contributed by atoms with Crippen LogP contribution in [-0.2, 0) is 4.74 Å². The van der Waals surface area contributed by atoms with Gasteiger partial charge in [0.2, 0.25) is 3.79 Å². The van der Waals surface area contributed by atoms with E-state index in [-0.39, 0.29) is 22.9 Å². The first kappa shape index (κ1) is 22.1. The molecule has 1 fully saturated rings. The molecule has 1 aromatic carbocycles. The summed E-state index contributed by atoms with van der Waals surface area (Å²) in [4.78, 5) is 28.7. The van der Waals surface area contributed by atoms with Crippen molar-refractivity contribution in [1.82, 2.24) is 4.90 Å². The van der Waals surface area contributed by atoms with Gasteiger partial charge in [0.15, 0.2) is 6.23 Å². The maximum atomic E-state index is 13.3. The predicted molar refractivity (Wildman–Crippen MR) is 108 cm³/mol. The summed E-state index contributed by atoms with van der Waals surface area (Å²) in [5.41, 5.74) is 0.792. The van der Waals surface area contributed by atoms with Gasteiger partial charge in [0.1, 0.15) is 23.8 Å². The number of aliphatic hydroxyl groups is 1. The number of hydrogen-bond donors (Lipinski definition) is 1. The summed E-state index contributed by atoms with van der Waals surface area (Å²) in [6.45, 7) is 1.63. The highest BCUT2D eigenvalue weighted by atomic mass is 35.6. The second kappa shape index (κ2) is 8.26. The number of anilines is 1. The van der Waals surface area contributed by atoms with Gasteiger partial charge in [-0.1, -0.05) is 34.8 Å². The molecule has 2 atom stereocenters. The molecule has 1 aromatic rings. The number of alkyl halides is 3. The van der Waals surface area contributed by atoms with E-state index in [0.717, 1.165) is 4.90 Å². The van der Waals surface area contributed by atoms with Crippen LogP contribution in [0.4, 0.5) is 10.5 Å².